The number of ether oxygens (including phenoxy) is 1. The molecule has 1 aliphatic rings. The summed E-state index contributed by atoms with van der Waals surface area (Å²) in [6.07, 6.45) is 0. The molecule has 1 fully saturated rings. The normalized spacial score (nSPS) is 24.5. The van der Waals surface area contributed by atoms with E-state index in [1.807, 2.05) is 0 Å². The van der Waals surface area contributed by atoms with Gasteiger partial charge in [-0.3, -0.25) is 0 Å². The van der Waals surface area contributed by atoms with Crippen LogP contribution in [-0.4, -0.2) is 24.9 Å². The largest absolute Gasteiger partial charge is 0.371 e. The third-order valence-corrected chi connectivity index (χ3v) is 3.35. The molecule has 0 aromatic heterocycles. The molecule has 92 valence electrons. The maximum absolute atomic E-state index is 13.8. The molecule has 0 unspecified atom stereocenters. The fourth-order valence-corrected chi connectivity index (χ4v) is 2.45. The number of halogens is 3. The van der Waals surface area contributed by atoms with Gasteiger partial charge in [0.2, 0.25) is 0 Å². The average Bonchev–Trinajstić information content (AvgIpc) is 2.32. The van der Waals surface area contributed by atoms with Gasteiger partial charge in [0.15, 0.2) is 0 Å². The van der Waals surface area contributed by atoms with Crippen molar-refractivity contribution in [2.45, 2.75) is 5.54 Å². The quantitative estimate of drug-likeness (QED) is 0.846. The highest BCUT2D eigenvalue weighted by Gasteiger charge is 2.38. The summed E-state index contributed by atoms with van der Waals surface area (Å²) < 4.78 is 33.0. The molecule has 6 heteroatoms. The minimum absolute atomic E-state index is 0.0526. The average molecular weight is 322 g/mol. The minimum atomic E-state index is -1.22. The molecule has 17 heavy (non-hydrogen) atoms. The van der Waals surface area contributed by atoms with Gasteiger partial charge in [0.25, 0.3) is 0 Å². The summed E-state index contributed by atoms with van der Waals surface area (Å²) in [7, 11) is 0. The molecule has 0 spiro atoms. The Kier molecular flexibility index (Phi) is 3.75. The summed E-state index contributed by atoms with van der Waals surface area (Å²) in [5, 5.41) is 2.83. The summed E-state index contributed by atoms with van der Waals surface area (Å²) in [4.78, 5) is 0.383. The number of rotatable bonds is 2. The van der Waals surface area contributed by atoms with E-state index in [2.05, 4.69) is 21.2 Å². The predicted molar refractivity (Wildman–Crippen MR) is 68.3 cm³/mol. The lowest BCUT2D eigenvalue weighted by molar-refractivity contribution is 0.0612. The second-order valence-corrected chi connectivity index (χ2v) is 5.29. The fourth-order valence-electron chi connectivity index (χ4n) is 1.81. The van der Waals surface area contributed by atoms with E-state index in [9.17, 15) is 8.78 Å². The minimum Gasteiger partial charge on any atom is -0.371 e. The van der Waals surface area contributed by atoms with Crippen LogP contribution in [0.25, 0.3) is 0 Å². The SMILES string of the molecule is FC[C@@]1(c2cc(Br)ccc2F)COCC(=S)N1. The van der Waals surface area contributed by atoms with E-state index >= 15 is 0 Å². The van der Waals surface area contributed by atoms with Gasteiger partial charge in [-0.15, -0.1) is 0 Å². The second-order valence-electron chi connectivity index (χ2n) is 3.88. The fraction of sp³-hybridized carbons (Fsp3) is 0.364. The van der Waals surface area contributed by atoms with Crippen LogP contribution in [0.5, 0.6) is 0 Å². The van der Waals surface area contributed by atoms with Gasteiger partial charge < -0.3 is 10.1 Å². The van der Waals surface area contributed by atoms with Crippen molar-refractivity contribution < 1.29 is 13.5 Å². The van der Waals surface area contributed by atoms with Crippen LogP contribution in [0.3, 0.4) is 0 Å². The van der Waals surface area contributed by atoms with Crippen LogP contribution in [0.1, 0.15) is 5.56 Å². The molecule has 1 N–H and O–H groups in total. The van der Waals surface area contributed by atoms with Crippen molar-refractivity contribution in [3.05, 3.63) is 34.1 Å². The van der Waals surface area contributed by atoms with Crippen molar-refractivity contribution in [3.8, 4) is 0 Å². The maximum atomic E-state index is 13.8. The molecule has 2 nitrogen and oxygen atoms in total. The van der Waals surface area contributed by atoms with Crippen molar-refractivity contribution >= 4 is 33.1 Å². The summed E-state index contributed by atoms with van der Waals surface area (Å²) in [6, 6.07) is 4.39. The van der Waals surface area contributed by atoms with Crippen LogP contribution in [0, 0.1) is 5.82 Å². The molecule has 0 bridgehead atoms. The van der Waals surface area contributed by atoms with Crippen LogP contribution in [-0.2, 0) is 10.3 Å². The van der Waals surface area contributed by atoms with Gasteiger partial charge >= 0.3 is 0 Å². The number of hydrogen-bond donors (Lipinski definition) is 1. The lowest BCUT2D eigenvalue weighted by Gasteiger charge is -2.37. The van der Waals surface area contributed by atoms with Gasteiger partial charge in [-0.1, -0.05) is 28.1 Å². The molecule has 1 atom stereocenters. The van der Waals surface area contributed by atoms with Gasteiger partial charge in [-0.25, -0.2) is 8.78 Å². The number of hydrogen-bond acceptors (Lipinski definition) is 2. The molecule has 1 heterocycles. The highest BCUT2D eigenvalue weighted by atomic mass is 79.9. The summed E-state index contributed by atoms with van der Waals surface area (Å²) >= 11 is 8.20. The van der Waals surface area contributed by atoms with Crippen molar-refractivity contribution in [3.63, 3.8) is 0 Å². The lowest BCUT2D eigenvalue weighted by Crippen LogP contribution is -2.56. The molecular weight excluding hydrogens is 312 g/mol. The standard InChI is InChI=1S/C11H10BrF2NOS/c12-7-1-2-9(14)8(3-7)11(5-13)6-16-4-10(17)15-11/h1-3H,4-6H2,(H,15,17)/t11-/m0/s1. The van der Waals surface area contributed by atoms with E-state index in [4.69, 9.17) is 17.0 Å². The number of alkyl halides is 1. The number of nitrogens with one attached hydrogen (secondary N) is 1. The Labute approximate surface area is 111 Å². The lowest BCUT2D eigenvalue weighted by atomic mass is 9.90. The monoisotopic (exact) mass is 321 g/mol. The number of morpholine rings is 1. The van der Waals surface area contributed by atoms with E-state index < -0.39 is 18.0 Å². The van der Waals surface area contributed by atoms with E-state index in [1.165, 1.54) is 6.07 Å². The zero-order chi connectivity index (χ0) is 12.5. The molecule has 2 rings (SSSR count). The van der Waals surface area contributed by atoms with Gasteiger partial charge in [0.05, 0.1) is 13.2 Å². The van der Waals surface area contributed by atoms with Gasteiger partial charge in [-0.05, 0) is 18.2 Å². The molecule has 0 radical (unpaired) electrons. The smallest absolute Gasteiger partial charge is 0.129 e. The third-order valence-electron chi connectivity index (χ3n) is 2.63. The highest BCUT2D eigenvalue weighted by Crippen LogP contribution is 2.29. The Morgan fingerprint density at radius 2 is 2.29 bits per heavy atom. The Bertz CT molecular complexity index is 457. The van der Waals surface area contributed by atoms with E-state index in [-0.39, 0.29) is 18.8 Å². The van der Waals surface area contributed by atoms with Crippen LogP contribution in [0.4, 0.5) is 8.78 Å². The number of benzene rings is 1. The first-order valence-electron chi connectivity index (χ1n) is 4.98. The molecule has 0 saturated carbocycles. The van der Waals surface area contributed by atoms with Gasteiger partial charge in [0, 0.05) is 10.0 Å². The maximum Gasteiger partial charge on any atom is 0.129 e. The zero-order valence-electron chi connectivity index (χ0n) is 8.80. The predicted octanol–water partition coefficient (Wildman–Crippen LogP) is 2.70. The molecule has 0 aliphatic carbocycles. The van der Waals surface area contributed by atoms with Crippen molar-refractivity contribution in [1.82, 2.24) is 5.32 Å². The second kappa shape index (κ2) is 4.96. The first-order chi connectivity index (χ1) is 8.07. The summed E-state index contributed by atoms with van der Waals surface area (Å²) in [5.74, 6) is -0.480. The van der Waals surface area contributed by atoms with Gasteiger partial charge in [0.1, 0.15) is 23.0 Å². The van der Waals surface area contributed by atoms with Crippen molar-refractivity contribution in [2.24, 2.45) is 0 Å². The van der Waals surface area contributed by atoms with Crippen LogP contribution < -0.4 is 5.32 Å². The van der Waals surface area contributed by atoms with Crippen molar-refractivity contribution in [1.29, 1.82) is 0 Å². The van der Waals surface area contributed by atoms with E-state index in [1.54, 1.807) is 12.1 Å². The Balaban J connectivity index is 2.46. The molecular formula is C11H10BrF2NOS. The van der Waals surface area contributed by atoms with Crippen LogP contribution in [0.2, 0.25) is 0 Å². The van der Waals surface area contributed by atoms with E-state index in [0.29, 0.717) is 9.46 Å². The Morgan fingerprint density at radius 3 is 2.94 bits per heavy atom. The Morgan fingerprint density at radius 1 is 1.53 bits per heavy atom. The first kappa shape index (κ1) is 12.9. The molecule has 1 saturated heterocycles. The molecule has 0 amide bonds. The highest BCUT2D eigenvalue weighted by molar-refractivity contribution is 9.10. The Hall–Kier alpha value is -0.590. The first-order valence-corrected chi connectivity index (χ1v) is 6.18. The molecule has 1 aliphatic heterocycles. The van der Waals surface area contributed by atoms with Crippen LogP contribution >= 0.6 is 28.1 Å². The number of thiocarbonyl (C=S) groups is 1. The van der Waals surface area contributed by atoms with Crippen molar-refractivity contribution in [2.75, 3.05) is 19.9 Å². The third kappa shape index (κ3) is 2.48. The summed E-state index contributed by atoms with van der Waals surface area (Å²) in [6.45, 7) is -0.496. The topological polar surface area (TPSA) is 21.3 Å². The van der Waals surface area contributed by atoms with E-state index in [0.717, 1.165) is 0 Å². The summed E-state index contributed by atoms with van der Waals surface area (Å²) in [5.41, 5.74) is -1.00. The zero-order valence-corrected chi connectivity index (χ0v) is 11.2. The molecule has 1 aromatic carbocycles. The van der Waals surface area contributed by atoms with Crippen LogP contribution in [0.15, 0.2) is 22.7 Å². The molecule has 1 aromatic rings. The van der Waals surface area contributed by atoms with Gasteiger partial charge in [-0.2, -0.15) is 0 Å².